The van der Waals surface area contributed by atoms with Gasteiger partial charge in [0, 0.05) is 23.1 Å². The normalized spacial score (nSPS) is 19.9. The predicted octanol–water partition coefficient (Wildman–Crippen LogP) is 3.20. The van der Waals surface area contributed by atoms with Crippen molar-refractivity contribution < 1.29 is 24.2 Å². The second-order valence-electron chi connectivity index (χ2n) is 7.71. The highest BCUT2D eigenvalue weighted by molar-refractivity contribution is 9.10. The Morgan fingerprint density at radius 3 is 2.58 bits per heavy atom. The van der Waals surface area contributed by atoms with Gasteiger partial charge in [-0.15, -0.1) is 0 Å². The third kappa shape index (κ3) is 4.18. The van der Waals surface area contributed by atoms with Crippen LogP contribution < -0.4 is 9.47 Å². The number of likely N-dealkylation sites (tertiary alicyclic amines) is 1. The Bertz CT molecular complexity index is 1070. The molecule has 0 saturated carbocycles. The van der Waals surface area contributed by atoms with E-state index in [1.165, 1.54) is 4.90 Å². The number of likely N-dealkylation sites (N-methyl/N-ethyl adjacent to an activating group) is 1. The van der Waals surface area contributed by atoms with Crippen LogP contribution in [-0.4, -0.2) is 67.0 Å². The van der Waals surface area contributed by atoms with Gasteiger partial charge in [-0.25, -0.2) is 0 Å². The SMILES string of the molecule is CN(C)CCN1C(=O)C(=O)/C(=C(\O)c2ccc3c(c2)OCCO3)C1c1cccc(Br)c1. The lowest BCUT2D eigenvalue weighted by Gasteiger charge is -2.26. The van der Waals surface area contributed by atoms with E-state index >= 15 is 0 Å². The number of hydrogen-bond donors (Lipinski definition) is 1. The number of carbonyl (C=O) groups excluding carboxylic acids is 2. The zero-order valence-corrected chi connectivity index (χ0v) is 18.9. The first-order chi connectivity index (χ1) is 14.9. The molecule has 2 aliphatic heterocycles. The van der Waals surface area contributed by atoms with Crippen LogP contribution in [0.15, 0.2) is 52.5 Å². The van der Waals surface area contributed by atoms with Gasteiger partial charge in [-0.1, -0.05) is 28.1 Å². The van der Waals surface area contributed by atoms with Gasteiger partial charge in [0.1, 0.15) is 19.0 Å². The molecule has 1 amide bonds. The number of Topliss-reactive ketones (excluding diaryl/α,β-unsaturated/α-hetero) is 1. The molecule has 0 aromatic heterocycles. The molecule has 1 saturated heterocycles. The van der Waals surface area contributed by atoms with Crippen LogP contribution in [-0.2, 0) is 9.59 Å². The van der Waals surface area contributed by atoms with Crippen molar-refractivity contribution in [1.82, 2.24) is 9.80 Å². The van der Waals surface area contributed by atoms with E-state index in [0.717, 1.165) is 10.0 Å². The van der Waals surface area contributed by atoms with Crippen LogP contribution in [0.25, 0.3) is 5.76 Å². The fourth-order valence-electron chi connectivity index (χ4n) is 3.79. The molecule has 31 heavy (non-hydrogen) atoms. The Labute approximate surface area is 189 Å². The van der Waals surface area contributed by atoms with E-state index in [1.54, 1.807) is 18.2 Å². The molecule has 0 aliphatic carbocycles. The van der Waals surface area contributed by atoms with Gasteiger partial charge in [0.15, 0.2) is 11.5 Å². The summed E-state index contributed by atoms with van der Waals surface area (Å²) >= 11 is 3.46. The number of carbonyl (C=O) groups is 2. The zero-order chi connectivity index (χ0) is 22.1. The number of amides is 1. The summed E-state index contributed by atoms with van der Waals surface area (Å²) in [6, 6.07) is 11.7. The third-order valence-corrected chi connectivity index (χ3v) is 5.80. The van der Waals surface area contributed by atoms with Crippen molar-refractivity contribution in [3.05, 3.63) is 63.6 Å². The van der Waals surface area contributed by atoms with Crippen LogP contribution in [0.4, 0.5) is 0 Å². The minimum atomic E-state index is -0.698. The molecule has 1 unspecified atom stereocenters. The number of benzene rings is 2. The number of nitrogens with zero attached hydrogens (tertiary/aromatic N) is 2. The van der Waals surface area contributed by atoms with E-state index in [2.05, 4.69) is 15.9 Å². The molecule has 162 valence electrons. The van der Waals surface area contributed by atoms with E-state index < -0.39 is 17.7 Å². The number of ketones is 1. The maximum atomic E-state index is 13.0. The summed E-state index contributed by atoms with van der Waals surface area (Å²) in [6.45, 7) is 1.80. The molecule has 7 nitrogen and oxygen atoms in total. The Balaban J connectivity index is 1.83. The Morgan fingerprint density at radius 1 is 1.13 bits per heavy atom. The van der Waals surface area contributed by atoms with Crippen LogP contribution in [0.3, 0.4) is 0 Å². The number of fused-ring (bicyclic) bond motifs is 1. The van der Waals surface area contributed by atoms with E-state index in [1.807, 2.05) is 43.3 Å². The molecule has 0 radical (unpaired) electrons. The van der Waals surface area contributed by atoms with Crippen LogP contribution >= 0.6 is 15.9 Å². The molecule has 4 rings (SSSR count). The average Bonchev–Trinajstić information content (AvgIpc) is 3.01. The summed E-state index contributed by atoms with van der Waals surface area (Å²) in [6.07, 6.45) is 0. The summed E-state index contributed by atoms with van der Waals surface area (Å²) in [7, 11) is 3.81. The largest absolute Gasteiger partial charge is 0.507 e. The number of ether oxygens (including phenoxy) is 2. The highest BCUT2D eigenvalue weighted by Crippen LogP contribution is 2.41. The first kappa shape index (κ1) is 21.4. The highest BCUT2D eigenvalue weighted by atomic mass is 79.9. The van der Waals surface area contributed by atoms with E-state index in [9.17, 15) is 14.7 Å². The first-order valence-electron chi connectivity index (χ1n) is 9.95. The van der Waals surface area contributed by atoms with Gasteiger partial charge in [-0.3, -0.25) is 9.59 Å². The Hall–Kier alpha value is -2.84. The molecule has 1 fully saturated rings. The lowest BCUT2D eigenvalue weighted by atomic mass is 9.95. The fraction of sp³-hybridized carbons (Fsp3) is 0.304. The summed E-state index contributed by atoms with van der Waals surface area (Å²) in [5.74, 6) is -0.469. The summed E-state index contributed by atoms with van der Waals surface area (Å²) < 4.78 is 12.0. The predicted molar refractivity (Wildman–Crippen MR) is 119 cm³/mol. The van der Waals surface area contributed by atoms with Crippen LogP contribution in [0, 0.1) is 0 Å². The van der Waals surface area contributed by atoms with Crippen molar-refractivity contribution in [3.63, 3.8) is 0 Å². The molecule has 2 aliphatic rings. The summed E-state index contributed by atoms with van der Waals surface area (Å²) in [5.41, 5.74) is 1.21. The molecule has 8 heteroatoms. The fourth-order valence-corrected chi connectivity index (χ4v) is 4.20. The quantitative estimate of drug-likeness (QED) is 0.397. The van der Waals surface area contributed by atoms with E-state index in [4.69, 9.17) is 9.47 Å². The van der Waals surface area contributed by atoms with Gasteiger partial charge >= 0.3 is 0 Å². The standard InChI is InChI=1S/C23H23BrN2O5/c1-25(2)8-9-26-20(14-4-3-5-16(24)12-14)19(22(28)23(26)29)21(27)15-6-7-17-18(13-15)31-11-10-30-17/h3-7,12-13,20,27H,8-11H2,1-2H3/b21-19-. The van der Waals surface area contributed by atoms with Crippen molar-refractivity contribution in [1.29, 1.82) is 0 Å². The number of rotatable bonds is 5. The molecular formula is C23H23BrN2O5. The van der Waals surface area contributed by atoms with E-state index in [0.29, 0.717) is 43.4 Å². The molecule has 1 N–H and O–H groups in total. The molecule has 1 atom stereocenters. The number of aliphatic hydroxyl groups excluding tert-OH is 1. The van der Waals surface area contributed by atoms with Crippen LogP contribution in [0.1, 0.15) is 17.2 Å². The molecule has 2 aromatic rings. The van der Waals surface area contributed by atoms with Gasteiger partial charge < -0.3 is 24.4 Å². The lowest BCUT2D eigenvalue weighted by Crippen LogP contribution is -2.35. The molecule has 2 aromatic carbocycles. The number of hydrogen-bond acceptors (Lipinski definition) is 6. The Morgan fingerprint density at radius 2 is 1.87 bits per heavy atom. The molecule has 0 spiro atoms. The van der Waals surface area contributed by atoms with Crippen molar-refractivity contribution in [2.45, 2.75) is 6.04 Å². The molecule has 2 heterocycles. The zero-order valence-electron chi connectivity index (χ0n) is 17.3. The molecular weight excluding hydrogens is 464 g/mol. The van der Waals surface area contributed by atoms with Crippen LogP contribution in [0.5, 0.6) is 11.5 Å². The van der Waals surface area contributed by atoms with Gasteiger partial charge in [0.2, 0.25) is 0 Å². The maximum absolute atomic E-state index is 13.0. The third-order valence-electron chi connectivity index (χ3n) is 5.31. The maximum Gasteiger partial charge on any atom is 0.295 e. The lowest BCUT2D eigenvalue weighted by molar-refractivity contribution is -0.140. The van der Waals surface area contributed by atoms with Crippen molar-refractivity contribution in [2.24, 2.45) is 0 Å². The van der Waals surface area contributed by atoms with Crippen molar-refractivity contribution in [3.8, 4) is 11.5 Å². The topological polar surface area (TPSA) is 79.3 Å². The second-order valence-corrected chi connectivity index (χ2v) is 8.62. The first-order valence-corrected chi connectivity index (χ1v) is 10.7. The van der Waals surface area contributed by atoms with Gasteiger partial charge in [0.05, 0.1) is 11.6 Å². The highest BCUT2D eigenvalue weighted by Gasteiger charge is 2.46. The second kappa shape index (κ2) is 8.72. The van der Waals surface area contributed by atoms with Crippen molar-refractivity contribution in [2.75, 3.05) is 40.4 Å². The van der Waals surface area contributed by atoms with Gasteiger partial charge in [-0.2, -0.15) is 0 Å². The summed E-state index contributed by atoms with van der Waals surface area (Å²) in [4.78, 5) is 29.4. The summed E-state index contributed by atoms with van der Waals surface area (Å²) in [5, 5.41) is 11.2. The van der Waals surface area contributed by atoms with Gasteiger partial charge in [-0.05, 0) is 50.0 Å². The Kier molecular flexibility index (Phi) is 6.02. The number of aliphatic hydroxyl groups is 1. The van der Waals surface area contributed by atoms with Gasteiger partial charge in [0.25, 0.3) is 11.7 Å². The molecule has 0 bridgehead atoms. The minimum absolute atomic E-state index is 0.0681. The number of halogens is 1. The smallest absolute Gasteiger partial charge is 0.295 e. The average molecular weight is 487 g/mol. The van der Waals surface area contributed by atoms with Crippen LogP contribution in [0.2, 0.25) is 0 Å². The van der Waals surface area contributed by atoms with Crippen molar-refractivity contribution >= 4 is 33.4 Å². The minimum Gasteiger partial charge on any atom is -0.507 e. The van der Waals surface area contributed by atoms with E-state index in [-0.39, 0.29) is 11.3 Å². The monoisotopic (exact) mass is 486 g/mol.